The van der Waals surface area contributed by atoms with Crippen LogP contribution < -0.4 is 0 Å². The van der Waals surface area contributed by atoms with Crippen molar-refractivity contribution in [1.82, 2.24) is 4.90 Å². The third kappa shape index (κ3) is 3.07. The standard InChI is InChI=1S/C18H20ClNO/c1-13(17-11-16(19)7-8-18(17)21)20-10-9-15(12-20)14-5-3-2-4-6-14/h2-8,11,13,15,21H,9-10,12H2,1H3. The molecule has 2 nitrogen and oxygen atoms in total. The van der Waals surface area contributed by atoms with Gasteiger partial charge in [-0.05, 0) is 49.6 Å². The lowest BCUT2D eigenvalue weighted by Crippen LogP contribution is -2.24. The fraction of sp³-hybridized carbons (Fsp3) is 0.333. The van der Waals surface area contributed by atoms with Gasteiger partial charge in [-0.1, -0.05) is 41.9 Å². The highest BCUT2D eigenvalue weighted by atomic mass is 35.5. The first kappa shape index (κ1) is 14.4. The van der Waals surface area contributed by atoms with Crippen molar-refractivity contribution >= 4 is 11.6 Å². The smallest absolute Gasteiger partial charge is 0.120 e. The van der Waals surface area contributed by atoms with Crippen molar-refractivity contribution in [2.45, 2.75) is 25.3 Å². The zero-order chi connectivity index (χ0) is 14.8. The summed E-state index contributed by atoms with van der Waals surface area (Å²) in [6, 6.07) is 16.1. The maximum absolute atomic E-state index is 10.1. The minimum atomic E-state index is 0.178. The molecule has 3 heteroatoms. The Labute approximate surface area is 131 Å². The third-order valence-corrected chi connectivity index (χ3v) is 4.71. The van der Waals surface area contributed by atoms with Crippen molar-refractivity contribution in [3.8, 4) is 5.75 Å². The van der Waals surface area contributed by atoms with Gasteiger partial charge in [0.15, 0.2) is 0 Å². The van der Waals surface area contributed by atoms with E-state index < -0.39 is 0 Å². The third-order valence-electron chi connectivity index (χ3n) is 4.48. The van der Waals surface area contributed by atoms with Gasteiger partial charge in [0.25, 0.3) is 0 Å². The Morgan fingerprint density at radius 2 is 1.95 bits per heavy atom. The lowest BCUT2D eigenvalue weighted by Gasteiger charge is -2.25. The van der Waals surface area contributed by atoms with E-state index in [1.165, 1.54) is 5.56 Å². The second-order valence-corrected chi connectivity index (χ2v) is 6.21. The molecule has 1 aliphatic rings. The molecule has 0 saturated carbocycles. The highest BCUT2D eigenvalue weighted by molar-refractivity contribution is 6.30. The molecule has 1 aliphatic heterocycles. The van der Waals surface area contributed by atoms with Crippen molar-refractivity contribution in [1.29, 1.82) is 0 Å². The summed E-state index contributed by atoms with van der Waals surface area (Å²) in [5, 5.41) is 10.7. The van der Waals surface area contributed by atoms with Crippen LogP contribution in [0.25, 0.3) is 0 Å². The summed E-state index contributed by atoms with van der Waals surface area (Å²) in [7, 11) is 0. The number of benzene rings is 2. The number of phenolic OH excluding ortho intramolecular Hbond substituents is 1. The second-order valence-electron chi connectivity index (χ2n) is 5.77. The maximum atomic E-state index is 10.1. The van der Waals surface area contributed by atoms with Crippen LogP contribution in [-0.4, -0.2) is 23.1 Å². The first-order chi connectivity index (χ1) is 10.1. The van der Waals surface area contributed by atoms with Crippen LogP contribution in [0, 0.1) is 0 Å². The van der Waals surface area contributed by atoms with E-state index in [9.17, 15) is 5.11 Å². The van der Waals surface area contributed by atoms with Crippen molar-refractivity contribution < 1.29 is 5.11 Å². The van der Waals surface area contributed by atoms with Gasteiger partial charge in [0.2, 0.25) is 0 Å². The molecule has 0 spiro atoms. The Morgan fingerprint density at radius 3 is 2.71 bits per heavy atom. The fourth-order valence-corrected chi connectivity index (χ4v) is 3.37. The molecule has 0 amide bonds. The molecule has 1 saturated heterocycles. The molecule has 2 aromatic rings. The van der Waals surface area contributed by atoms with E-state index in [0.717, 1.165) is 25.1 Å². The predicted molar refractivity (Wildman–Crippen MR) is 86.9 cm³/mol. The molecular formula is C18H20ClNO. The summed E-state index contributed by atoms with van der Waals surface area (Å²) in [5.74, 6) is 0.907. The van der Waals surface area contributed by atoms with Crippen LogP contribution >= 0.6 is 11.6 Å². The predicted octanol–water partition coefficient (Wildman–Crippen LogP) is 4.60. The van der Waals surface area contributed by atoms with Crippen LogP contribution in [0.5, 0.6) is 5.75 Å². The molecule has 1 heterocycles. The normalized spacial score (nSPS) is 20.6. The molecule has 3 rings (SSSR count). The second kappa shape index (κ2) is 6.08. The van der Waals surface area contributed by atoms with Crippen molar-refractivity contribution in [2.75, 3.05) is 13.1 Å². The van der Waals surface area contributed by atoms with Gasteiger partial charge in [-0.25, -0.2) is 0 Å². The average molecular weight is 302 g/mol. The molecule has 1 fully saturated rings. The number of likely N-dealkylation sites (tertiary alicyclic amines) is 1. The molecule has 1 N–H and O–H groups in total. The van der Waals surface area contributed by atoms with Gasteiger partial charge in [-0.15, -0.1) is 0 Å². The molecule has 2 unspecified atom stereocenters. The first-order valence-electron chi connectivity index (χ1n) is 7.42. The Hall–Kier alpha value is -1.51. The molecule has 0 aromatic heterocycles. The number of phenols is 1. The Morgan fingerprint density at radius 1 is 1.19 bits per heavy atom. The summed E-state index contributed by atoms with van der Waals surface area (Å²) >= 11 is 6.06. The first-order valence-corrected chi connectivity index (χ1v) is 7.80. The topological polar surface area (TPSA) is 23.5 Å². The maximum Gasteiger partial charge on any atom is 0.120 e. The minimum absolute atomic E-state index is 0.178. The molecule has 2 atom stereocenters. The van der Waals surface area contributed by atoms with E-state index in [1.54, 1.807) is 12.1 Å². The van der Waals surface area contributed by atoms with Crippen LogP contribution in [-0.2, 0) is 0 Å². The van der Waals surface area contributed by atoms with E-state index >= 15 is 0 Å². The summed E-state index contributed by atoms with van der Waals surface area (Å²) in [5.41, 5.74) is 2.32. The number of rotatable bonds is 3. The molecule has 0 aliphatic carbocycles. The number of nitrogens with zero attached hydrogens (tertiary/aromatic N) is 1. The molecule has 0 radical (unpaired) electrons. The van der Waals surface area contributed by atoms with Gasteiger partial charge in [0.05, 0.1) is 0 Å². The van der Waals surface area contributed by atoms with Gasteiger partial charge in [-0.3, -0.25) is 4.90 Å². The number of aromatic hydroxyl groups is 1. The van der Waals surface area contributed by atoms with Gasteiger partial charge in [0, 0.05) is 23.2 Å². The molecular weight excluding hydrogens is 282 g/mol. The van der Waals surface area contributed by atoms with Gasteiger partial charge in [0.1, 0.15) is 5.75 Å². The molecule has 110 valence electrons. The van der Waals surface area contributed by atoms with Gasteiger partial charge < -0.3 is 5.11 Å². The van der Waals surface area contributed by atoms with Crippen LogP contribution in [0.4, 0.5) is 0 Å². The molecule has 2 aromatic carbocycles. The summed E-state index contributed by atoms with van der Waals surface area (Å²) in [6.07, 6.45) is 1.16. The van der Waals surface area contributed by atoms with Crippen LogP contribution in [0.1, 0.15) is 36.4 Å². The van der Waals surface area contributed by atoms with E-state index in [4.69, 9.17) is 11.6 Å². The lowest BCUT2D eigenvalue weighted by atomic mass is 9.98. The zero-order valence-electron chi connectivity index (χ0n) is 12.2. The van der Waals surface area contributed by atoms with E-state index in [2.05, 4.69) is 42.2 Å². The zero-order valence-corrected chi connectivity index (χ0v) is 12.9. The summed E-state index contributed by atoms with van der Waals surface area (Å²) in [6.45, 7) is 4.21. The van der Waals surface area contributed by atoms with Gasteiger partial charge >= 0.3 is 0 Å². The van der Waals surface area contributed by atoms with Crippen molar-refractivity contribution in [2.24, 2.45) is 0 Å². The Bertz CT molecular complexity index is 614. The number of hydrogen-bond acceptors (Lipinski definition) is 2. The SMILES string of the molecule is CC(c1cc(Cl)ccc1O)N1CCC(c2ccccc2)C1. The van der Waals surface area contributed by atoms with Crippen LogP contribution in [0.3, 0.4) is 0 Å². The summed E-state index contributed by atoms with van der Waals surface area (Å²) in [4.78, 5) is 2.42. The van der Waals surface area contributed by atoms with Crippen LogP contribution in [0.15, 0.2) is 48.5 Å². The monoisotopic (exact) mass is 301 g/mol. The Kier molecular flexibility index (Phi) is 4.18. The van der Waals surface area contributed by atoms with Crippen molar-refractivity contribution in [3.05, 3.63) is 64.7 Å². The molecule has 0 bridgehead atoms. The minimum Gasteiger partial charge on any atom is -0.508 e. The number of hydrogen-bond donors (Lipinski definition) is 1. The quantitative estimate of drug-likeness (QED) is 0.896. The fourth-order valence-electron chi connectivity index (χ4n) is 3.19. The number of halogens is 1. The average Bonchev–Trinajstić information content (AvgIpc) is 3.00. The summed E-state index contributed by atoms with van der Waals surface area (Å²) < 4.78 is 0. The van der Waals surface area contributed by atoms with Crippen LogP contribution in [0.2, 0.25) is 5.02 Å². The van der Waals surface area contributed by atoms with E-state index in [1.807, 2.05) is 6.07 Å². The Balaban J connectivity index is 1.75. The largest absolute Gasteiger partial charge is 0.508 e. The van der Waals surface area contributed by atoms with E-state index in [-0.39, 0.29) is 6.04 Å². The highest BCUT2D eigenvalue weighted by Crippen LogP contribution is 2.36. The van der Waals surface area contributed by atoms with E-state index in [0.29, 0.717) is 16.7 Å². The van der Waals surface area contributed by atoms with Crippen molar-refractivity contribution in [3.63, 3.8) is 0 Å². The molecule has 21 heavy (non-hydrogen) atoms. The van der Waals surface area contributed by atoms with Gasteiger partial charge in [-0.2, -0.15) is 0 Å². The lowest BCUT2D eigenvalue weighted by molar-refractivity contribution is 0.254. The highest BCUT2D eigenvalue weighted by Gasteiger charge is 2.28.